The molecule has 0 spiro atoms. The number of ether oxygens (including phenoxy) is 1. The van der Waals surface area contributed by atoms with Gasteiger partial charge in [0, 0.05) is 29.6 Å². The number of amides is 1. The zero-order valence-corrected chi connectivity index (χ0v) is 15.4. The van der Waals surface area contributed by atoms with Crippen molar-refractivity contribution in [3.05, 3.63) is 9.48 Å². The van der Waals surface area contributed by atoms with E-state index in [1.165, 1.54) is 4.90 Å². The lowest BCUT2D eigenvalue weighted by atomic mass is 10.1. The third-order valence-corrected chi connectivity index (χ3v) is 5.89. The van der Waals surface area contributed by atoms with Gasteiger partial charge < -0.3 is 4.74 Å². The molecular formula is C11H12BrClN2O5S2. The van der Waals surface area contributed by atoms with Crippen LogP contribution in [0.5, 0.6) is 0 Å². The summed E-state index contributed by atoms with van der Waals surface area (Å²) in [4.78, 5) is 29.2. The van der Waals surface area contributed by atoms with Crippen LogP contribution in [0.15, 0.2) is 3.79 Å². The first-order valence-electron chi connectivity index (χ1n) is 6.27. The second-order valence-electron chi connectivity index (χ2n) is 4.62. The SMILES string of the molecule is CCOC(=O)c1nc(N2CC(CS(=O)(=O)Cl)CC2=O)sc1Br. The Morgan fingerprint density at radius 2 is 2.27 bits per heavy atom. The molecule has 0 saturated carbocycles. The molecule has 1 unspecified atom stereocenters. The average Bonchev–Trinajstić information content (AvgIpc) is 2.91. The number of esters is 1. The van der Waals surface area contributed by atoms with E-state index < -0.39 is 15.0 Å². The molecule has 0 N–H and O–H groups in total. The number of anilines is 1. The van der Waals surface area contributed by atoms with Gasteiger partial charge in [-0.05, 0) is 22.9 Å². The number of hydrogen-bond acceptors (Lipinski definition) is 7. The van der Waals surface area contributed by atoms with Crippen molar-refractivity contribution in [1.29, 1.82) is 0 Å². The third kappa shape index (κ3) is 4.18. The number of hydrogen-bond donors (Lipinski definition) is 0. The summed E-state index contributed by atoms with van der Waals surface area (Å²) >= 11 is 4.34. The lowest BCUT2D eigenvalue weighted by Gasteiger charge is -2.12. The van der Waals surface area contributed by atoms with Gasteiger partial charge in [0.1, 0.15) is 3.79 Å². The van der Waals surface area contributed by atoms with Gasteiger partial charge >= 0.3 is 5.97 Å². The summed E-state index contributed by atoms with van der Waals surface area (Å²) < 4.78 is 27.6. The number of carbonyl (C=O) groups is 2. The Kier molecular flexibility index (Phi) is 5.46. The fourth-order valence-electron chi connectivity index (χ4n) is 2.09. The lowest BCUT2D eigenvalue weighted by Crippen LogP contribution is -2.25. The predicted octanol–water partition coefficient (Wildman–Crippen LogP) is 2.00. The van der Waals surface area contributed by atoms with Crippen LogP contribution in [0.2, 0.25) is 0 Å². The number of rotatable bonds is 5. The van der Waals surface area contributed by atoms with Gasteiger partial charge in [-0.15, -0.1) is 0 Å². The van der Waals surface area contributed by atoms with Crippen molar-refractivity contribution < 1.29 is 22.7 Å². The van der Waals surface area contributed by atoms with E-state index in [4.69, 9.17) is 15.4 Å². The Bertz CT molecular complexity index is 705. The smallest absolute Gasteiger partial charge is 0.359 e. The van der Waals surface area contributed by atoms with Crippen LogP contribution in [0.4, 0.5) is 5.13 Å². The first-order valence-corrected chi connectivity index (χ1v) is 10.4. The zero-order valence-electron chi connectivity index (χ0n) is 11.4. The molecule has 22 heavy (non-hydrogen) atoms. The summed E-state index contributed by atoms with van der Waals surface area (Å²) in [7, 11) is 1.55. The predicted molar refractivity (Wildman–Crippen MR) is 85.9 cm³/mol. The maximum absolute atomic E-state index is 12.0. The molecule has 11 heteroatoms. The molecule has 2 rings (SSSR count). The summed E-state index contributed by atoms with van der Waals surface area (Å²) in [6.07, 6.45) is 0.0812. The largest absolute Gasteiger partial charge is 0.461 e. The van der Waals surface area contributed by atoms with E-state index >= 15 is 0 Å². The molecule has 1 saturated heterocycles. The van der Waals surface area contributed by atoms with Gasteiger partial charge in [-0.2, -0.15) is 0 Å². The van der Waals surface area contributed by atoms with Crippen molar-refractivity contribution in [1.82, 2.24) is 4.98 Å². The Labute approximate surface area is 144 Å². The van der Waals surface area contributed by atoms with E-state index in [2.05, 4.69) is 20.9 Å². The molecule has 1 fully saturated rings. The fourth-order valence-corrected chi connectivity index (χ4v) is 4.91. The molecule has 7 nitrogen and oxygen atoms in total. The van der Waals surface area contributed by atoms with Crippen molar-refractivity contribution >= 4 is 64.0 Å². The van der Waals surface area contributed by atoms with E-state index in [1.807, 2.05) is 0 Å². The Morgan fingerprint density at radius 3 is 2.86 bits per heavy atom. The summed E-state index contributed by atoms with van der Waals surface area (Å²) in [6, 6.07) is 0. The van der Waals surface area contributed by atoms with E-state index in [1.54, 1.807) is 6.92 Å². The molecule has 0 aromatic carbocycles. The van der Waals surface area contributed by atoms with E-state index in [9.17, 15) is 18.0 Å². The zero-order chi connectivity index (χ0) is 16.5. The first-order chi connectivity index (χ1) is 10.2. The van der Waals surface area contributed by atoms with Crippen LogP contribution < -0.4 is 4.90 Å². The molecule has 1 aromatic rings. The van der Waals surface area contributed by atoms with Crippen molar-refractivity contribution in [2.75, 3.05) is 23.8 Å². The highest BCUT2D eigenvalue weighted by Crippen LogP contribution is 2.35. The summed E-state index contributed by atoms with van der Waals surface area (Å²) in [5, 5.41) is 0.328. The Balaban J connectivity index is 2.17. The first kappa shape index (κ1) is 17.6. The quantitative estimate of drug-likeness (QED) is 0.523. The second-order valence-corrected chi connectivity index (χ2v) is 9.74. The van der Waals surface area contributed by atoms with Crippen molar-refractivity contribution in [2.24, 2.45) is 5.92 Å². The van der Waals surface area contributed by atoms with Gasteiger partial charge in [0.2, 0.25) is 15.0 Å². The van der Waals surface area contributed by atoms with Gasteiger partial charge in [-0.25, -0.2) is 18.2 Å². The van der Waals surface area contributed by atoms with E-state index in [-0.39, 0.29) is 42.8 Å². The molecule has 0 radical (unpaired) electrons. The number of thiazole rings is 1. The summed E-state index contributed by atoms with van der Waals surface area (Å²) in [5.41, 5.74) is 0.100. The van der Waals surface area contributed by atoms with Gasteiger partial charge in [-0.1, -0.05) is 11.3 Å². The van der Waals surface area contributed by atoms with Gasteiger partial charge in [0.15, 0.2) is 10.8 Å². The number of nitrogens with zero attached hydrogens (tertiary/aromatic N) is 2. The van der Waals surface area contributed by atoms with Crippen LogP contribution in [0, 0.1) is 5.92 Å². The lowest BCUT2D eigenvalue weighted by molar-refractivity contribution is -0.117. The van der Waals surface area contributed by atoms with Crippen LogP contribution in [0.25, 0.3) is 0 Å². The van der Waals surface area contributed by atoms with Gasteiger partial charge in [0.25, 0.3) is 0 Å². The summed E-state index contributed by atoms with van der Waals surface area (Å²) in [5.74, 6) is -1.48. The Morgan fingerprint density at radius 1 is 1.59 bits per heavy atom. The maximum Gasteiger partial charge on any atom is 0.359 e. The second kappa shape index (κ2) is 6.81. The number of aromatic nitrogens is 1. The number of carbonyl (C=O) groups excluding carboxylic acids is 2. The minimum Gasteiger partial charge on any atom is -0.461 e. The monoisotopic (exact) mass is 430 g/mol. The number of halogens is 2. The molecule has 1 aliphatic rings. The Hall–Kier alpha value is -0.710. The molecule has 0 bridgehead atoms. The molecule has 2 heterocycles. The van der Waals surface area contributed by atoms with Gasteiger partial charge in [-0.3, -0.25) is 9.69 Å². The van der Waals surface area contributed by atoms with Crippen molar-refractivity contribution in [2.45, 2.75) is 13.3 Å². The standard InChI is InChI=1S/C11H12BrClN2O5S2/c1-2-20-10(17)8-9(12)21-11(14-8)15-4-6(3-7(15)16)5-22(13,18)19/h6H,2-5H2,1H3. The molecule has 0 aliphatic carbocycles. The normalized spacial score (nSPS) is 18.8. The van der Waals surface area contributed by atoms with Crippen LogP contribution in [0.3, 0.4) is 0 Å². The van der Waals surface area contributed by atoms with Crippen LogP contribution >= 0.6 is 37.9 Å². The third-order valence-electron chi connectivity index (χ3n) is 2.91. The molecule has 1 atom stereocenters. The van der Waals surface area contributed by atoms with E-state index in [0.29, 0.717) is 8.92 Å². The molecule has 122 valence electrons. The topological polar surface area (TPSA) is 93.6 Å². The minimum absolute atomic E-state index is 0.0812. The highest BCUT2D eigenvalue weighted by Gasteiger charge is 2.35. The van der Waals surface area contributed by atoms with E-state index in [0.717, 1.165) is 11.3 Å². The highest BCUT2D eigenvalue weighted by molar-refractivity contribution is 9.11. The fraction of sp³-hybridized carbons (Fsp3) is 0.545. The van der Waals surface area contributed by atoms with Gasteiger partial charge in [0.05, 0.1) is 12.4 Å². The van der Waals surface area contributed by atoms with Crippen LogP contribution in [0.1, 0.15) is 23.8 Å². The molecular weight excluding hydrogens is 420 g/mol. The maximum atomic E-state index is 12.0. The average molecular weight is 432 g/mol. The molecule has 1 aliphatic heterocycles. The molecule has 1 amide bonds. The summed E-state index contributed by atoms with van der Waals surface area (Å²) in [6.45, 7) is 2.10. The van der Waals surface area contributed by atoms with Crippen molar-refractivity contribution in [3.63, 3.8) is 0 Å². The van der Waals surface area contributed by atoms with Crippen molar-refractivity contribution in [3.8, 4) is 0 Å². The highest BCUT2D eigenvalue weighted by atomic mass is 79.9. The van der Waals surface area contributed by atoms with Crippen LogP contribution in [-0.2, 0) is 18.6 Å². The molecule has 1 aromatic heterocycles. The van der Waals surface area contributed by atoms with Crippen LogP contribution in [-0.4, -0.2) is 44.2 Å². The minimum atomic E-state index is -3.67.